The van der Waals surface area contributed by atoms with E-state index in [4.69, 9.17) is 4.74 Å². The summed E-state index contributed by atoms with van der Waals surface area (Å²) in [5.74, 6) is 0.0386. The summed E-state index contributed by atoms with van der Waals surface area (Å²) >= 11 is 2.15. The first-order valence-electron chi connectivity index (χ1n) is 8.80. The van der Waals surface area contributed by atoms with Crippen molar-refractivity contribution in [3.8, 4) is 5.75 Å². The zero-order chi connectivity index (χ0) is 20.9. The van der Waals surface area contributed by atoms with Gasteiger partial charge in [0.2, 0.25) is 0 Å². The van der Waals surface area contributed by atoms with E-state index in [0.717, 1.165) is 3.57 Å². The van der Waals surface area contributed by atoms with Crippen molar-refractivity contribution in [2.24, 2.45) is 0 Å². The summed E-state index contributed by atoms with van der Waals surface area (Å²) < 4.78 is 34.7. The zero-order valence-corrected chi connectivity index (χ0v) is 18.5. The average molecular weight is 522 g/mol. The highest BCUT2D eigenvalue weighted by Crippen LogP contribution is 2.29. The van der Waals surface area contributed by atoms with Gasteiger partial charge in [0.15, 0.2) is 0 Å². The molecule has 29 heavy (non-hydrogen) atoms. The molecule has 0 unspecified atom stereocenters. The monoisotopic (exact) mass is 522 g/mol. The van der Waals surface area contributed by atoms with Crippen molar-refractivity contribution in [1.82, 2.24) is 0 Å². The lowest BCUT2D eigenvalue weighted by Gasteiger charge is -2.14. The van der Waals surface area contributed by atoms with E-state index in [1.165, 1.54) is 18.2 Å². The molecule has 0 fully saturated rings. The van der Waals surface area contributed by atoms with Gasteiger partial charge in [0.25, 0.3) is 15.9 Å². The van der Waals surface area contributed by atoms with Crippen LogP contribution in [-0.4, -0.2) is 20.9 Å². The number of hydrogen-bond acceptors (Lipinski definition) is 4. The van der Waals surface area contributed by atoms with Gasteiger partial charge < -0.3 is 10.1 Å². The second-order valence-electron chi connectivity index (χ2n) is 6.02. The topological polar surface area (TPSA) is 84.5 Å². The number of carbonyl (C=O) groups is 1. The van der Waals surface area contributed by atoms with Crippen molar-refractivity contribution in [2.45, 2.75) is 11.8 Å². The molecule has 6 nitrogen and oxygen atoms in total. The molecule has 2 N–H and O–H groups in total. The first kappa shape index (κ1) is 21.1. The van der Waals surface area contributed by atoms with Crippen LogP contribution in [0.1, 0.15) is 17.3 Å². The fourth-order valence-corrected chi connectivity index (χ4v) is 4.02. The number of nitrogens with one attached hydrogen (secondary N) is 2. The Morgan fingerprint density at radius 3 is 2.34 bits per heavy atom. The van der Waals surface area contributed by atoms with Gasteiger partial charge in [0.05, 0.1) is 17.2 Å². The van der Waals surface area contributed by atoms with E-state index in [0.29, 0.717) is 23.6 Å². The van der Waals surface area contributed by atoms with Crippen molar-refractivity contribution in [2.75, 3.05) is 16.6 Å². The summed E-state index contributed by atoms with van der Waals surface area (Å²) in [6.07, 6.45) is 0. The molecule has 0 bridgehead atoms. The second kappa shape index (κ2) is 9.27. The maximum absolute atomic E-state index is 12.8. The molecule has 0 heterocycles. The predicted molar refractivity (Wildman–Crippen MR) is 122 cm³/mol. The largest absolute Gasteiger partial charge is 0.492 e. The highest BCUT2D eigenvalue weighted by atomic mass is 127. The normalized spacial score (nSPS) is 11.0. The molecule has 0 spiro atoms. The van der Waals surface area contributed by atoms with Gasteiger partial charge in [-0.25, -0.2) is 8.42 Å². The van der Waals surface area contributed by atoms with Gasteiger partial charge in [0.1, 0.15) is 5.75 Å². The highest BCUT2D eigenvalue weighted by Gasteiger charge is 2.18. The molecule has 0 atom stereocenters. The van der Waals surface area contributed by atoms with E-state index in [9.17, 15) is 13.2 Å². The molecular formula is C21H19IN2O4S. The van der Waals surface area contributed by atoms with Gasteiger partial charge in [-0.05, 0) is 84.1 Å². The number of hydrogen-bond donors (Lipinski definition) is 2. The number of ether oxygens (including phenoxy) is 1. The van der Waals surface area contributed by atoms with Crippen molar-refractivity contribution in [3.63, 3.8) is 0 Å². The van der Waals surface area contributed by atoms with E-state index >= 15 is 0 Å². The van der Waals surface area contributed by atoms with Crippen LogP contribution in [-0.2, 0) is 10.0 Å². The standard InChI is InChI=1S/C21H19IN2O4S/c1-2-28-20-13-12-18(29(26,27)24-17-10-8-16(22)9-11-17)14-19(20)23-21(25)15-6-4-3-5-7-15/h3-14,24H,2H2,1H3,(H,23,25). The molecular weight excluding hydrogens is 503 g/mol. The lowest BCUT2D eigenvalue weighted by molar-refractivity contribution is 0.102. The maximum Gasteiger partial charge on any atom is 0.261 e. The Balaban J connectivity index is 1.90. The molecule has 3 rings (SSSR count). The molecule has 0 saturated carbocycles. The van der Waals surface area contributed by atoms with Crippen molar-refractivity contribution in [1.29, 1.82) is 0 Å². The van der Waals surface area contributed by atoms with E-state index in [1.54, 1.807) is 36.4 Å². The van der Waals surface area contributed by atoms with Crippen molar-refractivity contribution in [3.05, 3.63) is 81.9 Å². The number of halogens is 1. The molecule has 0 aromatic heterocycles. The van der Waals surface area contributed by atoms with Crippen molar-refractivity contribution < 1.29 is 17.9 Å². The first-order valence-corrected chi connectivity index (χ1v) is 11.4. The Morgan fingerprint density at radius 1 is 1.00 bits per heavy atom. The second-order valence-corrected chi connectivity index (χ2v) is 8.95. The number of sulfonamides is 1. The van der Waals surface area contributed by atoms with Crippen LogP contribution in [0.4, 0.5) is 11.4 Å². The zero-order valence-electron chi connectivity index (χ0n) is 15.6. The Morgan fingerprint density at radius 2 is 1.69 bits per heavy atom. The molecule has 0 aliphatic rings. The molecule has 0 aliphatic heterocycles. The van der Waals surface area contributed by atoms with Gasteiger partial charge in [-0.15, -0.1) is 0 Å². The van der Waals surface area contributed by atoms with Crippen LogP contribution in [0.15, 0.2) is 77.7 Å². The summed E-state index contributed by atoms with van der Waals surface area (Å²) in [5, 5.41) is 2.74. The number of rotatable bonds is 7. The third-order valence-corrected chi connectivity index (χ3v) is 6.04. The van der Waals surface area contributed by atoms with E-state index < -0.39 is 10.0 Å². The Kier molecular flexibility index (Phi) is 6.75. The van der Waals surface area contributed by atoms with E-state index in [-0.39, 0.29) is 16.5 Å². The minimum absolute atomic E-state index is 0.0165. The van der Waals surface area contributed by atoms with Gasteiger partial charge in [-0.3, -0.25) is 9.52 Å². The molecule has 0 aliphatic carbocycles. The van der Waals surface area contributed by atoms with Gasteiger partial charge in [-0.2, -0.15) is 0 Å². The third kappa shape index (κ3) is 5.48. The number of amides is 1. The Labute approximate surface area is 183 Å². The minimum Gasteiger partial charge on any atom is -0.492 e. The molecule has 1 amide bonds. The van der Waals surface area contributed by atoms with Crippen LogP contribution in [0.3, 0.4) is 0 Å². The van der Waals surface area contributed by atoms with E-state index in [2.05, 4.69) is 32.6 Å². The van der Waals surface area contributed by atoms with Crippen LogP contribution in [0, 0.1) is 3.57 Å². The van der Waals surface area contributed by atoms with E-state index in [1.807, 2.05) is 25.1 Å². The number of benzene rings is 3. The number of anilines is 2. The fraction of sp³-hybridized carbons (Fsp3) is 0.0952. The Hall–Kier alpha value is -2.59. The molecule has 3 aromatic carbocycles. The quantitative estimate of drug-likeness (QED) is 0.439. The highest BCUT2D eigenvalue weighted by molar-refractivity contribution is 14.1. The summed E-state index contributed by atoms with van der Waals surface area (Å²) in [4.78, 5) is 12.5. The third-order valence-electron chi connectivity index (χ3n) is 3.94. The smallest absolute Gasteiger partial charge is 0.261 e. The summed E-state index contributed by atoms with van der Waals surface area (Å²) in [6.45, 7) is 2.19. The minimum atomic E-state index is -3.84. The van der Waals surface area contributed by atoms with Crippen LogP contribution < -0.4 is 14.8 Å². The Bertz CT molecular complexity index is 1100. The molecule has 0 radical (unpaired) electrons. The van der Waals surface area contributed by atoms with Crippen LogP contribution in [0.2, 0.25) is 0 Å². The summed E-state index contributed by atoms with van der Waals surface area (Å²) in [5.41, 5.74) is 1.19. The lowest BCUT2D eigenvalue weighted by Crippen LogP contribution is -2.16. The van der Waals surface area contributed by atoms with Crippen LogP contribution >= 0.6 is 22.6 Å². The fourth-order valence-electron chi connectivity index (χ4n) is 2.57. The average Bonchev–Trinajstić information content (AvgIpc) is 2.71. The first-order chi connectivity index (χ1) is 13.9. The maximum atomic E-state index is 12.8. The van der Waals surface area contributed by atoms with Gasteiger partial charge in [-0.1, -0.05) is 18.2 Å². The SMILES string of the molecule is CCOc1ccc(S(=O)(=O)Nc2ccc(I)cc2)cc1NC(=O)c1ccccc1. The summed E-state index contributed by atoms with van der Waals surface area (Å²) in [6, 6.07) is 20.0. The molecule has 3 aromatic rings. The van der Waals surface area contributed by atoms with Gasteiger partial charge in [0, 0.05) is 14.8 Å². The predicted octanol–water partition coefficient (Wildman–Crippen LogP) is 4.74. The molecule has 150 valence electrons. The molecule has 8 heteroatoms. The lowest BCUT2D eigenvalue weighted by atomic mass is 10.2. The summed E-state index contributed by atoms with van der Waals surface area (Å²) in [7, 11) is -3.84. The number of carbonyl (C=O) groups excluding carboxylic acids is 1. The van der Waals surface area contributed by atoms with Crippen LogP contribution in [0.25, 0.3) is 0 Å². The van der Waals surface area contributed by atoms with Gasteiger partial charge >= 0.3 is 0 Å². The van der Waals surface area contributed by atoms with Crippen LogP contribution in [0.5, 0.6) is 5.75 Å². The molecule has 0 saturated heterocycles. The van der Waals surface area contributed by atoms with Crippen molar-refractivity contribution >= 4 is 49.9 Å².